The highest BCUT2D eigenvalue weighted by molar-refractivity contribution is 7.80. The number of nitrogens with zero attached hydrogens (tertiary/aromatic N) is 1. The molecule has 0 amide bonds. The normalized spacial score (nSPS) is 10.2. The second-order valence-corrected chi connectivity index (χ2v) is 2.49. The SMILES string of the molecule is NC(=S)/C=C/c1ccncc1. The van der Waals surface area contributed by atoms with Gasteiger partial charge in [0.15, 0.2) is 0 Å². The van der Waals surface area contributed by atoms with E-state index in [0.29, 0.717) is 4.99 Å². The van der Waals surface area contributed by atoms with Crippen molar-refractivity contribution in [2.75, 3.05) is 0 Å². The Bertz CT molecular complexity index is 267. The van der Waals surface area contributed by atoms with E-state index in [9.17, 15) is 0 Å². The molecule has 0 aliphatic carbocycles. The first-order valence-corrected chi connectivity index (χ1v) is 3.57. The van der Waals surface area contributed by atoms with Crippen LogP contribution in [0.5, 0.6) is 0 Å². The maximum absolute atomic E-state index is 5.27. The lowest BCUT2D eigenvalue weighted by Gasteiger charge is -1.88. The molecule has 0 spiro atoms. The van der Waals surface area contributed by atoms with Gasteiger partial charge in [-0.15, -0.1) is 0 Å². The smallest absolute Gasteiger partial charge is 0.0962 e. The van der Waals surface area contributed by atoms with Gasteiger partial charge in [0, 0.05) is 12.4 Å². The summed E-state index contributed by atoms with van der Waals surface area (Å²) in [5.41, 5.74) is 6.32. The van der Waals surface area contributed by atoms with Gasteiger partial charge in [0.25, 0.3) is 0 Å². The topological polar surface area (TPSA) is 38.9 Å². The molecule has 11 heavy (non-hydrogen) atoms. The third-order valence-electron chi connectivity index (χ3n) is 1.15. The first kappa shape index (κ1) is 7.88. The molecule has 0 unspecified atom stereocenters. The first-order valence-electron chi connectivity index (χ1n) is 3.16. The molecule has 0 aliphatic heterocycles. The average molecular weight is 164 g/mol. The van der Waals surface area contributed by atoms with Gasteiger partial charge in [-0.25, -0.2) is 0 Å². The van der Waals surface area contributed by atoms with E-state index >= 15 is 0 Å². The van der Waals surface area contributed by atoms with Crippen molar-refractivity contribution in [1.29, 1.82) is 0 Å². The van der Waals surface area contributed by atoms with E-state index in [0.717, 1.165) is 5.56 Å². The lowest BCUT2D eigenvalue weighted by Crippen LogP contribution is -2.01. The molecule has 0 bridgehead atoms. The highest BCUT2D eigenvalue weighted by atomic mass is 32.1. The fourth-order valence-electron chi connectivity index (χ4n) is 0.653. The number of nitrogens with two attached hydrogens (primary N) is 1. The van der Waals surface area contributed by atoms with Gasteiger partial charge in [-0.05, 0) is 23.8 Å². The van der Waals surface area contributed by atoms with Crippen LogP contribution in [-0.4, -0.2) is 9.97 Å². The summed E-state index contributed by atoms with van der Waals surface area (Å²) >= 11 is 4.67. The molecule has 0 atom stereocenters. The predicted octanol–water partition coefficient (Wildman–Crippen LogP) is 1.38. The van der Waals surface area contributed by atoms with Crippen LogP contribution in [0.25, 0.3) is 6.08 Å². The summed E-state index contributed by atoms with van der Waals surface area (Å²) < 4.78 is 0. The molecule has 0 saturated carbocycles. The van der Waals surface area contributed by atoms with Gasteiger partial charge < -0.3 is 5.73 Å². The summed E-state index contributed by atoms with van der Waals surface area (Å²) in [6.07, 6.45) is 6.98. The molecule has 0 aromatic carbocycles. The minimum Gasteiger partial charge on any atom is -0.390 e. The van der Waals surface area contributed by atoms with E-state index in [1.165, 1.54) is 0 Å². The molecular weight excluding hydrogens is 156 g/mol. The Balaban J connectivity index is 2.72. The summed E-state index contributed by atoms with van der Waals surface area (Å²) in [6.45, 7) is 0. The Kier molecular flexibility index (Phi) is 2.74. The fourth-order valence-corrected chi connectivity index (χ4v) is 0.721. The second kappa shape index (κ2) is 3.83. The number of hydrogen-bond acceptors (Lipinski definition) is 2. The van der Waals surface area contributed by atoms with Gasteiger partial charge in [0.1, 0.15) is 0 Å². The lowest BCUT2D eigenvalue weighted by atomic mass is 10.2. The first-order chi connectivity index (χ1) is 5.29. The summed E-state index contributed by atoms with van der Waals surface area (Å²) in [5, 5.41) is 0. The third kappa shape index (κ3) is 2.91. The number of aromatic nitrogens is 1. The van der Waals surface area contributed by atoms with E-state index < -0.39 is 0 Å². The molecule has 1 aromatic rings. The number of rotatable bonds is 2. The van der Waals surface area contributed by atoms with Gasteiger partial charge in [-0.1, -0.05) is 18.3 Å². The summed E-state index contributed by atoms with van der Waals surface area (Å²) in [7, 11) is 0. The number of pyridine rings is 1. The van der Waals surface area contributed by atoms with Crippen LogP contribution in [0.3, 0.4) is 0 Å². The number of thiocarbonyl (C=S) groups is 1. The van der Waals surface area contributed by atoms with Crippen LogP contribution in [-0.2, 0) is 0 Å². The van der Waals surface area contributed by atoms with E-state index in [-0.39, 0.29) is 0 Å². The third-order valence-corrected chi connectivity index (χ3v) is 1.28. The van der Waals surface area contributed by atoms with Crippen LogP contribution in [0.4, 0.5) is 0 Å². The number of hydrogen-bond donors (Lipinski definition) is 1. The second-order valence-electron chi connectivity index (χ2n) is 2.02. The zero-order valence-corrected chi connectivity index (χ0v) is 6.71. The molecule has 1 heterocycles. The Morgan fingerprint density at radius 2 is 2.09 bits per heavy atom. The summed E-state index contributed by atoms with van der Waals surface area (Å²) in [6, 6.07) is 3.77. The van der Waals surface area contributed by atoms with Crippen LogP contribution in [0.15, 0.2) is 30.6 Å². The molecule has 0 radical (unpaired) electrons. The maximum Gasteiger partial charge on any atom is 0.0962 e. The Hall–Kier alpha value is -1.22. The average Bonchev–Trinajstić information content (AvgIpc) is 2.03. The van der Waals surface area contributed by atoms with Crippen LogP contribution in [0.2, 0.25) is 0 Å². The molecular formula is C8H8N2S. The van der Waals surface area contributed by atoms with Crippen molar-refractivity contribution < 1.29 is 0 Å². The molecule has 3 heteroatoms. The maximum atomic E-state index is 5.27. The van der Waals surface area contributed by atoms with Gasteiger partial charge in [-0.3, -0.25) is 4.98 Å². The molecule has 0 saturated heterocycles. The Morgan fingerprint density at radius 3 is 2.64 bits per heavy atom. The van der Waals surface area contributed by atoms with E-state index in [1.807, 2.05) is 18.2 Å². The standard InChI is InChI=1S/C8H8N2S/c9-8(11)2-1-7-3-5-10-6-4-7/h1-6H,(H2,9,11)/b2-1+. The largest absolute Gasteiger partial charge is 0.390 e. The molecule has 0 aliphatic rings. The van der Waals surface area contributed by atoms with E-state index in [4.69, 9.17) is 5.73 Å². The predicted molar refractivity (Wildman–Crippen MR) is 50.1 cm³/mol. The van der Waals surface area contributed by atoms with E-state index in [1.54, 1.807) is 18.5 Å². The summed E-state index contributed by atoms with van der Waals surface area (Å²) in [5.74, 6) is 0. The van der Waals surface area contributed by atoms with E-state index in [2.05, 4.69) is 17.2 Å². The zero-order valence-electron chi connectivity index (χ0n) is 5.90. The van der Waals surface area contributed by atoms with Crippen LogP contribution >= 0.6 is 12.2 Å². The highest BCUT2D eigenvalue weighted by Gasteiger charge is 1.82. The quantitative estimate of drug-likeness (QED) is 0.530. The summed E-state index contributed by atoms with van der Waals surface area (Å²) in [4.78, 5) is 4.27. The van der Waals surface area contributed by atoms with Crippen molar-refractivity contribution in [3.05, 3.63) is 36.2 Å². The van der Waals surface area contributed by atoms with Gasteiger partial charge in [-0.2, -0.15) is 0 Å². The molecule has 56 valence electrons. The molecule has 0 fully saturated rings. The lowest BCUT2D eigenvalue weighted by molar-refractivity contribution is 1.32. The van der Waals surface area contributed by atoms with Crippen LogP contribution in [0, 0.1) is 0 Å². The molecule has 2 N–H and O–H groups in total. The Labute approximate surface area is 70.8 Å². The van der Waals surface area contributed by atoms with Crippen molar-refractivity contribution in [3.8, 4) is 0 Å². The van der Waals surface area contributed by atoms with Crippen molar-refractivity contribution in [1.82, 2.24) is 4.98 Å². The van der Waals surface area contributed by atoms with Crippen LogP contribution in [0.1, 0.15) is 5.56 Å². The minimum absolute atomic E-state index is 0.391. The molecule has 2 nitrogen and oxygen atoms in total. The monoisotopic (exact) mass is 164 g/mol. The van der Waals surface area contributed by atoms with Gasteiger partial charge in [0.05, 0.1) is 4.99 Å². The fraction of sp³-hybridized carbons (Fsp3) is 0. The zero-order chi connectivity index (χ0) is 8.10. The van der Waals surface area contributed by atoms with Gasteiger partial charge in [0.2, 0.25) is 0 Å². The molecule has 1 rings (SSSR count). The van der Waals surface area contributed by atoms with Crippen molar-refractivity contribution in [2.45, 2.75) is 0 Å². The Morgan fingerprint density at radius 1 is 1.45 bits per heavy atom. The van der Waals surface area contributed by atoms with Crippen molar-refractivity contribution in [2.24, 2.45) is 5.73 Å². The van der Waals surface area contributed by atoms with Gasteiger partial charge >= 0.3 is 0 Å². The minimum atomic E-state index is 0.391. The van der Waals surface area contributed by atoms with Crippen LogP contribution < -0.4 is 5.73 Å². The van der Waals surface area contributed by atoms with Crippen molar-refractivity contribution >= 4 is 23.3 Å². The highest BCUT2D eigenvalue weighted by Crippen LogP contribution is 1.98. The van der Waals surface area contributed by atoms with Crippen molar-refractivity contribution in [3.63, 3.8) is 0 Å². The molecule has 1 aromatic heterocycles.